The third-order valence-electron chi connectivity index (χ3n) is 5.54. The molecule has 1 aromatic heterocycles. The van der Waals surface area contributed by atoms with Crippen LogP contribution in [-0.4, -0.2) is 36.4 Å². The van der Waals surface area contributed by atoms with Crippen LogP contribution in [0, 0.1) is 0 Å². The molecule has 0 aliphatic rings. The first kappa shape index (κ1) is 33.7. The van der Waals surface area contributed by atoms with Crippen LogP contribution in [0.15, 0.2) is 72.8 Å². The molecule has 0 aliphatic heterocycles. The van der Waals surface area contributed by atoms with Crippen molar-refractivity contribution in [2.45, 2.75) is 12.8 Å². The van der Waals surface area contributed by atoms with Crippen molar-refractivity contribution in [1.29, 1.82) is 0 Å². The predicted molar refractivity (Wildman–Crippen MR) is 165 cm³/mol. The maximum absolute atomic E-state index is 5.93. The molecule has 3 nitrogen and oxygen atoms in total. The molecule has 0 atom stereocenters. The molecule has 35 heavy (non-hydrogen) atoms. The van der Waals surface area contributed by atoms with Crippen LogP contribution in [0.4, 0.5) is 11.4 Å². The van der Waals surface area contributed by atoms with Crippen LogP contribution in [-0.2, 0) is 6.42 Å². The van der Waals surface area contributed by atoms with Crippen LogP contribution in [0.2, 0.25) is 0 Å². The number of alkyl halides is 2. The van der Waals surface area contributed by atoms with Gasteiger partial charge in [0, 0.05) is 47.9 Å². The third kappa shape index (κ3) is 8.63. The molecule has 0 amide bonds. The number of hydrogen-bond donors (Lipinski definition) is 1. The van der Waals surface area contributed by atoms with Crippen LogP contribution in [0.1, 0.15) is 12.0 Å². The number of benzene rings is 3. The second kappa shape index (κ2) is 17.2. The largest absolute Gasteiger partial charge is 0.384 e. The number of aryl methyl sites for hydroxylation is 1. The zero-order valence-electron chi connectivity index (χ0n) is 19.2. The summed E-state index contributed by atoms with van der Waals surface area (Å²) in [5.74, 6) is 1.20. The van der Waals surface area contributed by atoms with Gasteiger partial charge in [-0.3, -0.25) is 0 Å². The first-order valence-electron chi connectivity index (χ1n) is 10.8. The Morgan fingerprint density at radius 2 is 1.20 bits per heavy atom. The van der Waals surface area contributed by atoms with E-state index in [9.17, 15) is 0 Å². The van der Waals surface area contributed by atoms with Gasteiger partial charge >= 0.3 is 0 Å². The minimum Gasteiger partial charge on any atom is -0.384 e. The quantitative estimate of drug-likeness (QED) is 0.113. The number of anilines is 2. The Bertz CT molecular complexity index is 1080. The summed E-state index contributed by atoms with van der Waals surface area (Å²) in [4.78, 5) is 7.03. The van der Waals surface area contributed by atoms with Crippen LogP contribution >= 0.6 is 72.8 Å². The Kier molecular flexibility index (Phi) is 16.5. The fourth-order valence-corrected chi connectivity index (χ4v) is 4.39. The highest BCUT2D eigenvalue weighted by Gasteiger charge is 2.08. The average Bonchev–Trinajstić information content (AvgIpc) is 2.81. The van der Waals surface area contributed by atoms with Gasteiger partial charge < -0.3 is 10.2 Å². The summed E-state index contributed by atoms with van der Waals surface area (Å²) in [5.41, 5.74) is 5.74. The molecule has 4 rings (SSSR count). The van der Waals surface area contributed by atoms with Crippen molar-refractivity contribution in [2.24, 2.45) is 0 Å². The topological polar surface area (TPSA) is 28.2 Å². The molecule has 0 saturated heterocycles. The number of fused-ring (bicyclic) bond motifs is 2. The number of nitrogens with zero attached hydrogens (tertiary/aromatic N) is 2. The van der Waals surface area contributed by atoms with Crippen LogP contribution in [0.5, 0.6) is 0 Å². The van der Waals surface area contributed by atoms with Crippen molar-refractivity contribution >= 4 is 106 Å². The molecule has 0 fully saturated rings. The van der Waals surface area contributed by atoms with Gasteiger partial charge in [-0.2, -0.15) is 0 Å². The highest BCUT2D eigenvalue weighted by Crippen LogP contribution is 2.30. The molecule has 9 heteroatoms. The average molecular weight is 598 g/mol. The summed E-state index contributed by atoms with van der Waals surface area (Å²) in [6.07, 6.45) is 2.08. The minimum atomic E-state index is 0. The Hall–Kier alpha value is -1.33. The van der Waals surface area contributed by atoms with Gasteiger partial charge in [0.15, 0.2) is 0 Å². The molecule has 3 aromatic carbocycles. The smallest absolute Gasteiger partial charge is 0.0730 e. The SMILES string of the molecule is Cl.Cl.Cl.Cl.ClCCN(CCCl)c1ccc(CCCNc2c3ccccc3nc3ccccc23)cc1. The zero-order chi connectivity index (χ0) is 21.5. The van der Waals surface area contributed by atoms with E-state index in [0.29, 0.717) is 11.8 Å². The highest BCUT2D eigenvalue weighted by atomic mass is 35.5. The molecule has 1 N–H and O–H groups in total. The van der Waals surface area contributed by atoms with Gasteiger partial charge in [-0.15, -0.1) is 72.8 Å². The fourth-order valence-electron chi connectivity index (χ4n) is 3.98. The maximum Gasteiger partial charge on any atom is 0.0730 e. The molecule has 0 bridgehead atoms. The van der Waals surface area contributed by atoms with Crippen LogP contribution in [0.3, 0.4) is 0 Å². The number of pyridine rings is 1. The van der Waals surface area contributed by atoms with E-state index in [2.05, 4.69) is 70.9 Å². The van der Waals surface area contributed by atoms with E-state index in [1.165, 1.54) is 27.7 Å². The molecular weight excluding hydrogens is 567 g/mol. The predicted octanol–water partition coefficient (Wildman–Crippen LogP) is 8.40. The minimum absolute atomic E-state index is 0. The molecule has 0 saturated carbocycles. The number of para-hydroxylation sites is 2. The Morgan fingerprint density at radius 1 is 0.686 bits per heavy atom. The summed E-state index contributed by atoms with van der Waals surface area (Å²) in [5, 5.41) is 6.03. The molecule has 0 aliphatic carbocycles. The molecule has 0 unspecified atom stereocenters. The van der Waals surface area contributed by atoms with Gasteiger partial charge in [-0.1, -0.05) is 48.5 Å². The molecule has 1 heterocycles. The Balaban J connectivity index is 0.00000289. The van der Waals surface area contributed by atoms with E-state index >= 15 is 0 Å². The van der Waals surface area contributed by atoms with E-state index < -0.39 is 0 Å². The first-order chi connectivity index (χ1) is 15.3. The Labute approximate surface area is 242 Å². The fraction of sp³-hybridized carbons (Fsp3) is 0.269. The molecule has 192 valence electrons. The number of hydrogen-bond acceptors (Lipinski definition) is 3. The van der Waals surface area contributed by atoms with Crippen molar-refractivity contribution in [2.75, 3.05) is 41.6 Å². The van der Waals surface area contributed by atoms with Gasteiger partial charge in [-0.25, -0.2) is 4.98 Å². The lowest BCUT2D eigenvalue weighted by Crippen LogP contribution is -2.27. The summed E-state index contributed by atoms with van der Waals surface area (Å²) in [6.45, 7) is 2.53. The summed E-state index contributed by atoms with van der Waals surface area (Å²) < 4.78 is 0. The number of nitrogens with one attached hydrogen (secondary N) is 1. The van der Waals surface area contributed by atoms with Gasteiger partial charge in [0.1, 0.15) is 0 Å². The zero-order valence-corrected chi connectivity index (χ0v) is 23.9. The summed E-state index contributed by atoms with van der Waals surface area (Å²) in [6, 6.07) is 25.4. The van der Waals surface area contributed by atoms with E-state index in [4.69, 9.17) is 28.2 Å². The molecular formula is C26H31Cl6N3. The molecule has 4 aromatic rings. The lowest BCUT2D eigenvalue weighted by molar-refractivity contribution is 0.857. The standard InChI is InChI=1S/C26H27Cl2N3.4ClH/c27-15-18-31(19-16-28)21-13-11-20(12-14-21)6-5-17-29-26-22-7-1-3-9-24(22)30-25-10-4-2-8-23(25)26;;;;/h1-4,7-14H,5-6,15-19H2,(H,29,30);4*1H. The lowest BCUT2D eigenvalue weighted by Gasteiger charge is -2.23. The van der Waals surface area contributed by atoms with Gasteiger partial charge in [0.05, 0.1) is 16.7 Å². The third-order valence-corrected chi connectivity index (χ3v) is 5.88. The van der Waals surface area contributed by atoms with E-state index in [1.54, 1.807) is 0 Å². The van der Waals surface area contributed by atoms with E-state index in [1.807, 2.05) is 12.1 Å². The summed E-state index contributed by atoms with van der Waals surface area (Å²) >= 11 is 11.9. The van der Waals surface area contributed by atoms with Crippen LogP contribution in [0.25, 0.3) is 21.8 Å². The van der Waals surface area contributed by atoms with Crippen molar-refractivity contribution in [3.05, 3.63) is 78.4 Å². The van der Waals surface area contributed by atoms with E-state index in [-0.39, 0.29) is 49.6 Å². The highest BCUT2D eigenvalue weighted by molar-refractivity contribution is 6.18. The van der Waals surface area contributed by atoms with Crippen molar-refractivity contribution < 1.29 is 0 Å². The summed E-state index contributed by atoms with van der Waals surface area (Å²) in [7, 11) is 0. The number of aromatic nitrogens is 1. The van der Waals surface area contributed by atoms with E-state index in [0.717, 1.165) is 43.5 Å². The van der Waals surface area contributed by atoms with Gasteiger partial charge in [-0.05, 0) is 42.7 Å². The monoisotopic (exact) mass is 595 g/mol. The number of rotatable bonds is 10. The normalized spacial score (nSPS) is 9.89. The van der Waals surface area contributed by atoms with Gasteiger partial charge in [0.2, 0.25) is 0 Å². The second-order valence-electron chi connectivity index (χ2n) is 7.58. The van der Waals surface area contributed by atoms with Crippen molar-refractivity contribution in [3.8, 4) is 0 Å². The van der Waals surface area contributed by atoms with Crippen molar-refractivity contribution in [3.63, 3.8) is 0 Å². The van der Waals surface area contributed by atoms with Crippen molar-refractivity contribution in [1.82, 2.24) is 4.98 Å². The lowest BCUT2D eigenvalue weighted by atomic mass is 10.1. The van der Waals surface area contributed by atoms with Crippen LogP contribution < -0.4 is 10.2 Å². The number of halogens is 6. The Morgan fingerprint density at radius 3 is 1.71 bits per heavy atom. The first-order valence-corrected chi connectivity index (χ1v) is 11.8. The molecule has 0 spiro atoms. The maximum atomic E-state index is 5.93. The second-order valence-corrected chi connectivity index (χ2v) is 8.34. The van der Waals surface area contributed by atoms with Gasteiger partial charge in [0.25, 0.3) is 0 Å². The molecule has 0 radical (unpaired) electrons.